The Kier molecular flexibility index (Phi) is 5.97. The first-order chi connectivity index (χ1) is 15.7. The van der Waals surface area contributed by atoms with Crippen LogP contribution in [0.25, 0.3) is 11.0 Å². The summed E-state index contributed by atoms with van der Waals surface area (Å²) in [6.07, 6.45) is 1.48. The number of aryl methyl sites for hydroxylation is 3. The molecule has 2 heterocycles. The largest absolute Gasteiger partial charge is 0.457 e. The van der Waals surface area contributed by atoms with Gasteiger partial charge in [-0.25, -0.2) is 9.59 Å². The van der Waals surface area contributed by atoms with Gasteiger partial charge in [-0.3, -0.25) is 10.1 Å². The lowest BCUT2D eigenvalue weighted by molar-refractivity contribution is -0.387. The van der Waals surface area contributed by atoms with Crippen molar-refractivity contribution in [3.63, 3.8) is 0 Å². The fraction of sp³-hybridized carbons (Fsp3) is 0.182. The third-order valence-electron chi connectivity index (χ3n) is 5.14. The van der Waals surface area contributed by atoms with Gasteiger partial charge in [0.25, 0.3) is 5.69 Å². The second kappa shape index (κ2) is 8.87. The van der Waals surface area contributed by atoms with Crippen molar-refractivity contribution in [3.8, 4) is 0 Å². The van der Waals surface area contributed by atoms with Gasteiger partial charge < -0.3 is 13.7 Å². The number of hydrogen-bond donors (Lipinski definition) is 0. The smallest absolute Gasteiger partial charge is 0.338 e. The average molecular weight is 466 g/mol. The first-order valence-electron chi connectivity index (χ1n) is 9.75. The highest BCUT2D eigenvalue weighted by Gasteiger charge is 2.21. The molecule has 4 rings (SSSR count). The number of nitrogens with zero attached hydrogens (tertiary/aromatic N) is 4. The van der Waals surface area contributed by atoms with Gasteiger partial charge in [-0.05, 0) is 48.9 Å². The van der Waals surface area contributed by atoms with Crippen molar-refractivity contribution < 1.29 is 18.9 Å². The fourth-order valence-corrected chi connectivity index (χ4v) is 4.06. The molecule has 0 spiro atoms. The molecule has 0 saturated heterocycles. The molecule has 168 valence electrons. The minimum atomic E-state index is -0.751. The molecule has 0 saturated carbocycles. The number of carbonyl (C=O) groups excluding carboxylic acids is 1. The first kappa shape index (κ1) is 22.2. The first-order valence-corrected chi connectivity index (χ1v) is 10.6. The number of nitro groups is 1. The number of esters is 1. The highest BCUT2D eigenvalue weighted by Crippen LogP contribution is 2.34. The lowest BCUT2D eigenvalue weighted by Crippen LogP contribution is -2.09. The third-order valence-corrected chi connectivity index (χ3v) is 6.26. The quantitative estimate of drug-likeness (QED) is 0.179. The van der Waals surface area contributed by atoms with Crippen molar-refractivity contribution in [3.05, 3.63) is 85.5 Å². The number of aromatic nitrogens is 3. The average Bonchev–Trinajstić information content (AvgIpc) is 3.19. The van der Waals surface area contributed by atoms with Crippen LogP contribution in [0, 0.1) is 24.0 Å². The van der Waals surface area contributed by atoms with Gasteiger partial charge in [-0.15, -0.1) is 10.2 Å². The van der Waals surface area contributed by atoms with Crippen LogP contribution in [0.5, 0.6) is 0 Å². The molecule has 0 atom stereocenters. The van der Waals surface area contributed by atoms with Crippen LogP contribution in [0.1, 0.15) is 27.0 Å². The Morgan fingerprint density at radius 3 is 2.73 bits per heavy atom. The van der Waals surface area contributed by atoms with Crippen LogP contribution in [0.3, 0.4) is 0 Å². The van der Waals surface area contributed by atoms with Crippen LogP contribution < -0.4 is 5.63 Å². The molecule has 11 heteroatoms. The van der Waals surface area contributed by atoms with Crippen LogP contribution >= 0.6 is 11.8 Å². The molecule has 33 heavy (non-hydrogen) atoms. The van der Waals surface area contributed by atoms with Gasteiger partial charge in [0.1, 0.15) is 18.5 Å². The van der Waals surface area contributed by atoms with E-state index < -0.39 is 16.5 Å². The van der Waals surface area contributed by atoms with Crippen LogP contribution in [0.4, 0.5) is 5.69 Å². The lowest BCUT2D eigenvalue weighted by Gasteiger charge is -2.10. The second-order valence-electron chi connectivity index (χ2n) is 7.32. The Hall–Kier alpha value is -3.99. The molecule has 0 aliphatic heterocycles. The molecular weight excluding hydrogens is 448 g/mol. The maximum atomic E-state index is 12.6. The zero-order valence-corrected chi connectivity index (χ0v) is 18.7. The highest BCUT2D eigenvalue weighted by atomic mass is 32.2. The van der Waals surface area contributed by atoms with Crippen LogP contribution in [0.2, 0.25) is 0 Å². The summed E-state index contributed by atoms with van der Waals surface area (Å²) in [7, 11) is 1.72. The summed E-state index contributed by atoms with van der Waals surface area (Å²) in [4.78, 5) is 36.0. The van der Waals surface area contributed by atoms with Crippen molar-refractivity contribution >= 4 is 34.4 Å². The van der Waals surface area contributed by atoms with E-state index in [1.165, 1.54) is 24.5 Å². The van der Waals surface area contributed by atoms with E-state index in [2.05, 4.69) is 10.2 Å². The molecule has 0 radical (unpaired) electrons. The maximum absolute atomic E-state index is 12.6. The van der Waals surface area contributed by atoms with E-state index in [9.17, 15) is 19.7 Å². The lowest BCUT2D eigenvalue weighted by atomic mass is 10.0. The topological polar surface area (TPSA) is 130 Å². The fourth-order valence-electron chi connectivity index (χ4n) is 3.21. The predicted octanol–water partition coefficient (Wildman–Crippen LogP) is 3.95. The second-order valence-corrected chi connectivity index (χ2v) is 8.33. The zero-order chi connectivity index (χ0) is 23.7. The summed E-state index contributed by atoms with van der Waals surface area (Å²) in [5.41, 5.74) is 1.92. The van der Waals surface area contributed by atoms with Gasteiger partial charge in [0.15, 0.2) is 5.16 Å². The third kappa shape index (κ3) is 4.48. The van der Waals surface area contributed by atoms with Gasteiger partial charge in [-0.2, -0.15) is 0 Å². The number of ether oxygens (including phenoxy) is 1. The van der Waals surface area contributed by atoms with Crippen molar-refractivity contribution in [2.45, 2.75) is 30.5 Å². The van der Waals surface area contributed by atoms with E-state index in [0.717, 1.165) is 29.0 Å². The molecule has 0 unspecified atom stereocenters. The summed E-state index contributed by atoms with van der Waals surface area (Å²) >= 11 is 1.06. The number of fused-ring (bicyclic) bond motifs is 1. The Labute approximate surface area is 191 Å². The minimum absolute atomic E-state index is 0.0170. The Bertz CT molecular complexity index is 1460. The van der Waals surface area contributed by atoms with Crippen molar-refractivity contribution in [1.82, 2.24) is 14.8 Å². The summed E-state index contributed by atoms with van der Waals surface area (Å²) in [6, 6.07) is 9.03. The number of nitro benzene ring substituents is 1. The normalized spacial score (nSPS) is 11.0. The van der Waals surface area contributed by atoms with Crippen LogP contribution in [-0.4, -0.2) is 25.7 Å². The SMILES string of the molecule is Cc1ccc2c(COC(=O)c3ccc(Sc4nncn4C)c([N+](=O)[O-])c3)cc(=O)oc2c1C. The number of hydrogen-bond acceptors (Lipinski definition) is 9. The number of carbonyl (C=O) groups is 1. The minimum Gasteiger partial charge on any atom is -0.457 e. The monoisotopic (exact) mass is 466 g/mol. The zero-order valence-electron chi connectivity index (χ0n) is 17.9. The van der Waals surface area contributed by atoms with E-state index in [0.29, 0.717) is 26.6 Å². The van der Waals surface area contributed by atoms with E-state index in [1.807, 2.05) is 19.9 Å². The molecule has 0 amide bonds. The highest BCUT2D eigenvalue weighted by molar-refractivity contribution is 7.99. The number of rotatable bonds is 6. The molecule has 10 nitrogen and oxygen atoms in total. The number of benzene rings is 2. The summed E-state index contributed by atoms with van der Waals surface area (Å²) < 4.78 is 12.3. The van der Waals surface area contributed by atoms with Gasteiger partial charge >= 0.3 is 11.6 Å². The van der Waals surface area contributed by atoms with Crippen LogP contribution in [-0.2, 0) is 18.4 Å². The summed E-state index contributed by atoms with van der Waals surface area (Å²) in [5.74, 6) is -0.751. The summed E-state index contributed by atoms with van der Waals surface area (Å²) in [5, 5.41) is 20.4. The van der Waals surface area contributed by atoms with E-state index in [4.69, 9.17) is 9.15 Å². The molecule has 2 aromatic heterocycles. The van der Waals surface area contributed by atoms with E-state index in [1.54, 1.807) is 17.7 Å². The molecule has 2 aromatic carbocycles. The van der Waals surface area contributed by atoms with Crippen LogP contribution in [0.15, 0.2) is 62.0 Å². The van der Waals surface area contributed by atoms with Gasteiger partial charge in [0.05, 0.1) is 15.4 Å². The molecule has 0 aliphatic carbocycles. The molecule has 0 aliphatic rings. The van der Waals surface area contributed by atoms with Crippen molar-refractivity contribution in [1.29, 1.82) is 0 Å². The molecule has 0 N–H and O–H groups in total. The van der Waals surface area contributed by atoms with Crippen molar-refractivity contribution in [2.75, 3.05) is 0 Å². The van der Waals surface area contributed by atoms with Gasteiger partial charge in [0, 0.05) is 30.1 Å². The molecular formula is C22H18N4O6S. The predicted molar refractivity (Wildman–Crippen MR) is 119 cm³/mol. The van der Waals surface area contributed by atoms with Crippen molar-refractivity contribution in [2.24, 2.45) is 7.05 Å². The Morgan fingerprint density at radius 1 is 1.24 bits per heavy atom. The van der Waals surface area contributed by atoms with Gasteiger partial charge in [-0.1, -0.05) is 12.1 Å². The molecule has 0 bridgehead atoms. The van der Waals surface area contributed by atoms with E-state index in [-0.39, 0.29) is 17.9 Å². The summed E-state index contributed by atoms with van der Waals surface area (Å²) in [6.45, 7) is 3.56. The molecule has 0 fully saturated rings. The van der Waals surface area contributed by atoms with Gasteiger partial charge in [0.2, 0.25) is 0 Å². The Morgan fingerprint density at radius 2 is 2.03 bits per heavy atom. The maximum Gasteiger partial charge on any atom is 0.338 e. The Balaban J connectivity index is 1.59. The standard InChI is InChI=1S/C22H18N4O6S/c1-12-4-6-16-15(9-19(27)32-20(16)13(12)2)10-31-21(28)14-5-7-18(17(8-14)26(29)30)33-22-24-23-11-25(22)3/h4-9,11H,10H2,1-3H3. The molecule has 4 aromatic rings. The van der Waals surface area contributed by atoms with E-state index >= 15 is 0 Å².